The first kappa shape index (κ1) is 21.5. The molecule has 0 aliphatic rings. The van der Waals surface area contributed by atoms with E-state index in [1.165, 1.54) is 32.4 Å². The number of benzene rings is 2. The van der Waals surface area contributed by atoms with Crippen LogP contribution in [-0.4, -0.2) is 40.8 Å². The van der Waals surface area contributed by atoms with E-state index in [9.17, 15) is 17.6 Å². The Morgan fingerprint density at radius 3 is 2.39 bits per heavy atom. The van der Waals surface area contributed by atoms with Crippen molar-refractivity contribution in [3.63, 3.8) is 0 Å². The average Bonchev–Trinajstić information content (AvgIpc) is 2.66. The fourth-order valence-electron chi connectivity index (χ4n) is 2.78. The Morgan fingerprint density at radius 1 is 1.18 bits per heavy atom. The summed E-state index contributed by atoms with van der Waals surface area (Å²) < 4.78 is 50.2. The molecule has 2 aromatic carbocycles. The Balaban J connectivity index is 2.42. The lowest BCUT2D eigenvalue weighted by Gasteiger charge is -2.30. The summed E-state index contributed by atoms with van der Waals surface area (Å²) in [7, 11) is -1.00. The molecule has 152 valence electrons. The standard InChI is InChI=1S/C19H23FN2O5S/c1-5-16(22(28(4,24)25)17-9-7-6-8-14(17)20)19(23)21-15-11-10-13(26-2)12-18(15)27-3/h6-12,16H,5H2,1-4H3,(H,21,23)/t16-/m1/s1. The van der Waals surface area contributed by atoms with Gasteiger partial charge in [0.15, 0.2) is 0 Å². The number of anilines is 2. The molecule has 0 aliphatic heterocycles. The highest BCUT2D eigenvalue weighted by Crippen LogP contribution is 2.31. The summed E-state index contributed by atoms with van der Waals surface area (Å²) in [5, 5.41) is 2.66. The van der Waals surface area contributed by atoms with E-state index in [-0.39, 0.29) is 12.1 Å². The minimum atomic E-state index is -3.93. The van der Waals surface area contributed by atoms with E-state index in [1.807, 2.05) is 0 Å². The van der Waals surface area contributed by atoms with Gasteiger partial charge in [-0.3, -0.25) is 9.10 Å². The molecule has 0 saturated heterocycles. The van der Waals surface area contributed by atoms with Gasteiger partial charge in [0, 0.05) is 6.07 Å². The number of para-hydroxylation sites is 1. The number of carbonyl (C=O) groups is 1. The van der Waals surface area contributed by atoms with Crippen molar-refractivity contribution < 1.29 is 27.1 Å². The van der Waals surface area contributed by atoms with Gasteiger partial charge in [-0.1, -0.05) is 19.1 Å². The van der Waals surface area contributed by atoms with Crippen LogP contribution in [0.3, 0.4) is 0 Å². The van der Waals surface area contributed by atoms with Gasteiger partial charge >= 0.3 is 0 Å². The lowest BCUT2D eigenvalue weighted by Crippen LogP contribution is -2.47. The summed E-state index contributed by atoms with van der Waals surface area (Å²) in [6.07, 6.45) is 1.06. The van der Waals surface area contributed by atoms with Crippen LogP contribution in [0.5, 0.6) is 11.5 Å². The predicted octanol–water partition coefficient (Wildman–Crippen LogP) is 3.03. The van der Waals surface area contributed by atoms with Gasteiger partial charge in [-0.25, -0.2) is 12.8 Å². The maximum Gasteiger partial charge on any atom is 0.248 e. The number of rotatable bonds is 8. The molecule has 0 heterocycles. The average molecular weight is 410 g/mol. The van der Waals surface area contributed by atoms with Crippen LogP contribution >= 0.6 is 0 Å². The minimum absolute atomic E-state index is 0.131. The molecule has 1 amide bonds. The quantitative estimate of drug-likeness (QED) is 0.723. The predicted molar refractivity (Wildman–Crippen MR) is 106 cm³/mol. The summed E-state index contributed by atoms with van der Waals surface area (Å²) in [5.41, 5.74) is 0.155. The van der Waals surface area contributed by atoms with E-state index in [0.717, 1.165) is 16.6 Å². The van der Waals surface area contributed by atoms with Crippen LogP contribution in [0.25, 0.3) is 0 Å². The number of nitrogens with one attached hydrogen (secondary N) is 1. The summed E-state index contributed by atoms with van der Waals surface area (Å²) in [5.74, 6) is -0.466. The lowest BCUT2D eigenvalue weighted by atomic mass is 10.1. The fraction of sp³-hybridized carbons (Fsp3) is 0.316. The third kappa shape index (κ3) is 4.72. The van der Waals surface area contributed by atoms with Crippen molar-refractivity contribution in [3.8, 4) is 11.5 Å². The molecular formula is C19H23FN2O5S. The molecule has 0 saturated carbocycles. The first-order valence-corrected chi connectivity index (χ1v) is 10.3. The van der Waals surface area contributed by atoms with Gasteiger partial charge < -0.3 is 14.8 Å². The number of carbonyl (C=O) groups excluding carboxylic acids is 1. The highest BCUT2D eigenvalue weighted by atomic mass is 32.2. The SMILES string of the molecule is CC[C@H](C(=O)Nc1ccc(OC)cc1OC)N(c1ccccc1F)S(C)(=O)=O. The molecule has 0 aromatic heterocycles. The van der Waals surface area contributed by atoms with Crippen molar-refractivity contribution >= 4 is 27.3 Å². The van der Waals surface area contributed by atoms with Gasteiger partial charge in [-0.05, 0) is 30.7 Å². The molecule has 2 aromatic rings. The first-order chi connectivity index (χ1) is 13.2. The molecule has 0 aliphatic carbocycles. The van der Waals surface area contributed by atoms with E-state index in [2.05, 4.69) is 5.32 Å². The number of hydrogen-bond donors (Lipinski definition) is 1. The number of hydrogen-bond acceptors (Lipinski definition) is 5. The third-order valence-electron chi connectivity index (χ3n) is 4.09. The molecule has 2 rings (SSSR count). The molecule has 9 heteroatoms. The maximum atomic E-state index is 14.3. The number of nitrogens with zero attached hydrogens (tertiary/aromatic N) is 1. The highest BCUT2D eigenvalue weighted by molar-refractivity contribution is 7.92. The third-order valence-corrected chi connectivity index (χ3v) is 5.25. The van der Waals surface area contributed by atoms with Crippen LogP contribution in [0, 0.1) is 5.82 Å². The Hall–Kier alpha value is -2.81. The zero-order valence-electron chi connectivity index (χ0n) is 16.1. The fourth-order valence-corrected chi connectivity index (χ4v) is 4.00. The van der Waals surface area contributed by atoms with Crippen LogP contribution in [0.1, 0.15) is 13.3 Å². The van der Waals surface area contributed by atoms with Crippen molar-refractivity contribution in [2.75, 3.05) is 30.1 Å². The largest absolute Gasteiger partial charge is 0.497 e. The van der Waals surface area contributed by atoms with Crippen LogP contribution in [0.15, 0.2) is 42.5 Å². The number of amides is 1. The van der Waals surface area contributed by atoms with Crippen molar-refractivity contribution in [3.05, 3.63) is 48.3 Å². The highest BCUT2D eigenvalue weighted by Gasteiger charge is 2.33. The smallest absolute Gasteiger partial charge is 0.248 e. The number of halogens is 1. The van der Waals surface area contributed by atoms with E-state index in [4.69, 9.17) is 9.47 Å². The topological polar surface area (TPSA) is 84.9 Å². The summed E-state index contributed by atoms with van der Waals surface area (Å²) >= 11 is 0. The molecule has 28 heavy (non-hydrogen) atoms. The molecular weight excluding hydrogens is 387 g/mol. The second-order valence-electron chi connectivity index (χ2n) is 5.99. The monoisotopic (exact) mass is 410 g/mol. The van der Waals surface area contributed by atoms with Crippen molar-refractivity contribution in [1.29, 1.82) is 0 Å². The van der Waals surface area contributed by atoms with E-state index < -0.39 is 27.8 Å². The Kier molecular flexibility index (Phi) is 6.85. The Morgan fingerprint density at radius 2 is 1.86 bits per heavy atom. The second kappa shape index (κ2) is 8.92. The van der Waals surface area contributed by atoms with Gasteiger partial charge in [0.05, 0.1) is 31.9 Å². The van der Waals surface area contributed by atoms with Crippen molar-refractivity contribution in [2.24, 2.45) is 0 Å². The number of sulfonamides is 1. The molecule has 7 nitrogen and oxygen atoms in total. The van der Waals surface area contributed by atoms with Gasteiger partial charge in [0.1, 0.15) is 23.4 Å². The number of methoxy groups -OCH3 is 2. The summed E-state index contributed by atoms with van der Waals surface area (Å²) in [6, 6.07) is 9.06. The van der Waals surface area contributed by atoms with Crippen LogP contribution in [-0.2, 0) is 14.8 Å². The molecule has 1 atom stereocenters. The summed E-state index contributed by atoms with van der Waals surface area (Å²) in [6.45, 7) is 1.65. The van der Waals surface area contributed by atoms with Crippen LogP contribution in [0.2, 0.25) is 0 Å². The second-order valence-corrected chi connectivity index (χ2v) is 7.85. The van der Waals surface area contributed by atoms with Crippen molar-refractivity contribution in [2.45, 2.75) is 19.4 Å². The van der Waals surface area contributed by atoms with E-state index in [0.29, 0.717) is 17.2 Å². The van der Waals surface area contributed by atoms with Gasteiger partial charge in [0.2, 0.25) is 15.9 Å². The van der Waals surface area contributed by atoms with Crippen molar-refractivity contribution in [1.82, 2.24) is 0 Å². The van der Waals surface area contributed by atoms with Crippen LogP contribution < -0.4 is 19.1 Å². The first-order valence-electron chi connectivity index (χ1n) is 8.49. The maximum absolute atomic E-state index is 14.3. The van der Waals surface area contributed by atoms with Crippen LogP contribution in [0.4, 0.5) is 15.8 Å². The number of ether oxygens (including phenoxy) is 2. The molecule has 0 bridgehead atoms. The Bertz CT molecular complexity index is 949. The Labute approximate surface area is 164 Å². The van der Waals surface area contributed by atoms with E-state index in [1.54, 1.807) is 25.1 Å². The molecule has 0 spiro atoms. The van der Waals surface area contributed by atoms with Gasteiger partial charge in [-0.15, -0.1) is 0 Å². The van der Waals surface area contributed by atoms with Gasteiger partial charge in [0.25, 0.3) is 0 Å². The normalized spacial score (nSPS) is 12.2. The van der Waals surface area contributed by atoms with Gasteiger partial charge in [-0.2, -0.15) is 0 Å². The molecule has 0 fully saturated rings. The lowest BCUT2D eigenvalue weighted by molar-refractivity contribution is -0.117. The molecule has 0 radical (unpaired) electrons. The summed E-state index contributed by atoms with van der Waals surface area (Å²) in [4.78, 5) is 12.9. The zero-order valence-corrected chi connectivity index (χ0v) is 16.9. The minimum Gasteiger partial charge on any atom is -0.497 e. The van der Waals surface area contributed by atoms with E-state index >= 15 is 0 Å². The zero-order chi connectivity index (χ0) is 20.9. The molecule has 0 unspecified atom stereocenters. The molecule has 1 N–H and O–H groups in total.